The van der Waals surface area contributed by atoms with Gasteiger partial charge in [-0.05, 0) is 18.9 Å². The maximum absolute atomic E-state index is 9.99. The predicted molar refractivity (Wildman–Crippen MR) is 74.1 cm³/mol. The zero-order valence-electron chi connectivity index (χ0n) is 11.2. The van der Waals surface area contributed by atoms with Gasteiger partial charge in [-0.3, -0.25) is 0 Å². The molecule has 0 radical (unpaired) electrons. The number of pyridine rings is 1. The summed E-state index contributed by atoms with van der Waals surface area (Å²) >= 11 is 0. The van der Waals surface area contributed by atoms with E-state index in [2.05, 4.69) is 4.98 Å². The average molecular weight is 266 g/mol. The Hall–Kier alpha value is -2.38. The zero-order chi connectivity index (χ0) is 14.1. The summed E-state index contributed by atoms with van der Waals surface area (Å²) in [4.78, 5) is 4.21. The standard InChI is InChI=1S/C16H14N2O2/c1-10-2-4-11(5-3-10)15-14-9-20-7-6-12(14)13(8-17)16(19)18-15/h2-5H,6-7,9H2,1H3,(H,18,19). The maximum Gasteiger partial charge on any atom is 0.230 e. The van der Waals surface area contributed by atoms with Crippen LogP contribution in [0.1, 0.15) is 22.3 Å². The first-order chi connectivity index (χ1) is 9.70. The second-order valence-corrected chi connectivity index (χ2v) is 4.90. The van der Waals surface area contributed by atoms with Gasteiger partial charge >= 0.3 is 0 Å². The first-order valence-electron chi connectivity index (χ1n) is 6.50. The van der Waals surface area contributed by atoms with Crippen molar-refractivity contribution in [3.63, 3.8) is 0 Å². The van der Waals surface area contributed by atoms with Gasteiger partial charge in [0.1, 0.15) is 11.6 Å². The molecule has 20 heavy (non-hydrogen) atoms. The van der Waals surface area contributed by atoms with Crippen LogP contribution in [0.3, 0.4) is 0 Å². The van der Waals surface area contributed by atoms with E-state index in [9.17, 15) is 10.4 Å². The van der Waals surface area contributed by atoms with Gasteiger partial charge in [0.15, 0.2) is 0 Å². The van der Waals surface area contributed by atoms with Crippen LogP contribution >= 0.6 is 0 Å². The summed E-state index contributed by atoms with van der Waals surface area (Å²) in [5, 5.41) is 19.2. The molecule has 0 saturated carbocycles. The third-order valence-corrected chi connectivity index (χ3v) is 3.57. The highest BCUT2D eigenvalue weighted by Crippen LogP contribution is 2.33. The van der Waals surface area contributed by atoms with Gasteiger partial charge in [-0.15, -0.1) is 0 Å². The van der Waals surface area contributed by atoms with Gasteiger partial charge in [-0.2, -0.15) is 5.26 Å². The number of aromatic hydroxyl groups is 1. The lowest BCUT2D eigenvalue weighted by Gasteiger charge is -2.21. The molecule has 2 aromatic rings. The van der Waals surface area contributed by atoms with E-state index in [1.807, 2.05) is 37.3 Å². The van der Waals surface area contributed by atoms with Crippen LogP contribution in [0, 0.1) is 18.3 Å². The number of fused-ring (bicyclic) bond motifs is 1. The fraction of sp³-hybridized carbons (Fsp3) is 0.250. The maximum atomic E-state index is 9.99. The minimum Gasteiger partial charge on any atom is -0.492 e. The number of nitrogens with zero attached hydrogens (tertiary/aromatic N) is 2. The molecule has 2 heterocycles. The molecule has 0 unspecified atom stereocenters. The Balaban J connectivity index is 2.24. The highest BCUT2D eigenvalue weighted by Gasteiger charge is 2.22. The Morgan fingerprint density at radius 1 is 1.25 bits per heavy atom. The number of benzene rings is 1. The topological polar surface area (TPSA) is 66.1 Å². The third-order valence-electron chi connectivity index (χ3n) is 3.57. The SMILES string of the molecule is Cc1ccc(-c2nc(O)c(C#N)c3c2COCC3)cc1. The molecule has 0 saturated heterocycles. The molecule has 0 amide bonds. The van der Waals surface area contributed by atoms with Gasteiger partial charge < -0.3 is 9.84 Å². The molecule has 100 valence electrons. The lowest BCUT2D eigenvalue weighted by atomic mass is 9.94. The number of nitriles is 1. The minimum atomic E-state index is -0.191. The van der Waals surface area contributed by atoms with E-state index in [-0.39, 0.29) is 11.4 Å². The molecule has 4 nitrogen and oxygen atoms in total. The fourth-order valence-corrected chi connectivity index (χ4v) is 2.51. The van der Waals surface area contributed by atoms with Crippen LogP contribution < -0.4 is 0 Å². The van der Waals surface area contributed by atoms with Crippen LogP contribution in [-0.2, 0) is 17.8 Å². The van der Waals surface area contributed by atoms with Crippen molar-refractivity contribution in [3.05, 3.63) is 46.5 Å². The largest absolute Gasteiger partial charge is 0.492 e. The number of aromatic nitrogens is 1. The molecule has 0 atom stereocenters. The summed E-state index contributed by atoms with van der Waals surface area (Å²) in [6, 6.07) is 9.99. The first kappa shape index (κ1) is 12.6. The average Bonchev–Trinajstić information content (AvgIpc) is 2.47. The molecule has 1 aromatic carbocycles. The van der Waals surface area contributed by atoms with E-state index < -0.39 is 0 Å². The number of aryl methyl sites for hydroxylation is 1. The second kappa shape index (κ2) is 4.95. The van der Waals surface area contributed by atoms with Crippen LogP contribution in [0.15, 0.2) is 24.3 Å². The van der Waals surface area contributed by atoms with Crippen LogP contribution in [0.4, 0.5) is 0 Å². The van der Waals surface area contributed by atoms with E-state index in [1.54, 1.807) is 0 Å². The van der Waals surface area contributed by atoms with Crippen molar-refractivity contribution < 1.29 is 9.84 Å². The van der Waals surface area contributed by atoms with Crippen molar-refractivity contribution in [1.29, 1.82) is 5.26 Å². The second-order valence-electron chi connectivity index (χ2n) is 4.90. The normalized spacial score (nSPS) is 13.6. The van der Waals surface area contributed by atoms with Gasteiger partial charge in [0.05, 0.1) is 18.9 Å². The van der Waals surface area contributed by atoms with Gasteiger partial charge in [0, 0.05) is 11.1 Å². The Morgan fingerprint density at radius 3 is 2.70 bits per heavy atom. The molecule has 0 fully saturated rings. The van der Waals surface area contributed by atoms with Gasteiger partial charge in [-0.25, -0.2) is 4.98 Å². The molecular formula is C16H14N2O2. The lowest BCUT2D eigenvalue weighted by molar-refractivity contribution is 0.110. The van der Waals surface area contributed by atoms with Crippen molar-refractivity contribution in [3.8, 4) is 23.2 Å². The molecule has 3 rings (SSSR count). The van der Waals surface area contributed by atoms with Crippen molar-refractivity contribution in [2.75, 3.05) is 6.61 Å². The number of hydrogen-bond acceptors (Lipinski definition) is 4. The summed E-state index contributed by atoms with van der Waals surface area (Å²) in [7, 11) is 0. The van der Waals surface area contributed by atoms with E-state index in [0.717, 1.165) is 22.3 Å². The van der Waals surface area contributed by atoms with Gasteiger partial charge in [0.2, 0.25) is 5.88 Å². The lowest BCUT2D eigenvalue weighted by Crippen LogP contribution is -2.14. The molecule has 1 aliphatic rings. The molecule has 1 N–H and O–H groups in total. The predicted octanol–water partition coefficient (Wildman–Crippen LogP) is 2.71. The number of hydrogen-bond donors (Lipinski definition) is 1. The van der Waals surface area contributed by atoms with E-state index in [4.69, 9.17) is 4.74 Å². The Labute approximate surface area is 117 Å². The molecule has 1 aliphatic heterocycles. The van der Waals surface area contributed by atoms with Crippen LogP contribution in [-0.4, -0.2) is 16.7 Å². The summed E-state index contributed by atoms with van der Waals surface area (Å²) < 4.78 is 5.49. The smallest absolute Gasteiger partial charge is 0.230 e. The Kier molecular flexibility index (Phi) is 3.13. The van der Waals surface area contributed by atoms with Crippen molar-refractivity contribution in [1.82, 2.24) is 4.98 Å². The minimum absolute atomic E-state index is 0.191. The van der Waals surface area contributed by atoms with E-state index in [1.165, 1.54) is 0 Å². The highest BCUT2D eigenvalue weighted by atomic mass is 16.5. The zero-order valence-corrected chi connectivity index (χ0v) is 11.2. The quantitative estimate of drug-likeness (QED) is 0.861. The molecular weight excluding hydrogens is 252 g/mol. The van der Waals surface area contributed by atoms with E-state index >= 15 is 0 Å². The number of ether oxygens (including phenoxy) is 1. The van der Waals surface area contributed by atoms with Crippen molar-refractivity contribution in [2.24, 2.45) is 0 Å². The van der Waals surface area contributed by atoms with E-state index in [0.29, 0.717) is 25.3 Å². The van der Waals surface area contributed by atoms with Crippen LogP contribution in [0.2, 0.25) is 0 Å². The molecule has 0 spiro atoms. The molecule has 0 bridgehead atoms. The summed E-state index contributed by atoms with van der Waals surface area (Å²) in [5.41, 5.74) is 4.85. The van der Waals surface area contributed by atoms with Crippen molar-refractivity contribution >= 4 is 0 Å². The fourth-order valence-electron chi connectivity index (χ4n) is 2.51. The van der Waals surface area contributed by atoms with Crippen LogP contribution in [0.5, 0.6) is 5.88 Å². The Morgan fingerprint density at radius 2 is 2.00 bits per heavy atom. The van der Waals surface area contributed by atoms with Crippen molar-refractivity contribution in [2.45, 2.75) is 20.0 Å². The highest BCUT2D eigenvalue weighted by molar-refractivity contribution is 5.68. The summed E-state index contributed by atoms with van der Waals surface area (Å²) in [6.45, 7) is 3.02. The van der Waals surface area contributed by atoms with Gasteiger partial charge in [0.25, 0.3) is 0 Å². The monoisotopic (exact) mass is 266 g/mol. The summed E-state index contributed by atoms with van der Waals surface area (Å²) in [6.07, 6.45) is 0.632. The van der Waals surface area contributed by atoms with Crippen LogP contribution in [0.25, 0.3) is 11.3 Å². The number of rotatable bonds is 1. The Bertz CT molecular complexity index is 700. The molecule has 4 heteroatoms. The van der Waals surface area contributed by atoms with Gasteiger partial charge in [-0.1, -0.05) is 29.8 Å². The molecule has 1 aromatic heterocycles. The first-order valence-corrected chi connectivity index (χ1v) is 6.50. The third kappa shape index (κ3) is 2.02. The molecule has 0 aliphatic carbocycles. The summed E-state index contributed by atoms with van der Waals surface area (Å²) in [5.74, 6) is -0.191.